The number of aryl methyl sites for hydroxylation is 1. The molecule has 0 bridgehead atoms. The molecule has 1 amide bonds. The number of hydrogen-bond acceptors (Lipinski definition) is 8. The van der Waals surface area contributed by atoms with Crippen LogP contribution in [0.1, 0.15) is 25.3 Å². The molecule has 1 N–H and O–H groups in total. The first kappa shape index (κ1) is 25.0. The van der Waals surface area contributed by atoms with Gasteiger partial charge in [-0.05, 0) is 30.5 Å². The van der Waals surface area contributed by atoms with Gasteiger partial charge < -0.3 is 10.2 Å². The molecule has 5 heterocycles. The number of nitrogens with one attached hydrogen (secondary N) is 1. The maximum atomic E-state index is 13.2. The lowest BCUT2D eigenvalue weighted by molar-refractivity contribution is -0.116. The van der Waals surface area contributed by atoms with E-state index in [0.717, 1.165) is 22.3 Å². The highest BCUT2D eigenvalue weighted by Gasteiger charge is 2.47. The zero-order chi connectivity index (χ0) is 27.1. The summed E-state index contributed by atoms with van der Waals surface area (Å²) >= 11 is 0. The highest BCUT2D eigenvalue weighted by Crippen LogP contribution is 2.34. The van der Waals surface area contributed by atoms with Crippen LogP contribution in [-0.2, 0) is 21.7 Å². The van der Waals surface area contributed by atoms with Gasteiger partial charge in [0.25, 0.3) is 5.91 Å². The Kier molecular flexibility index (Phi) is 6.13. The van der Waals surface area contributed by atoms with Gasteiger partial charge >= 0.3 is 0 Å². The molecular weight excluding hydrogens is 504 g/mol. The molecule has 0 aromatic carbocycles. The minimum absolute atomic E-state index is 0.178. The molecule has 5 rings (SSSR count). The third-order valence-corrected chi connectivity index (χ3v) is 9.34. The summed E-state index contributed by atoms with van der Waals surface area (Å²) in [6.45, 7) is 2.08. The highest BCUT2D eigenvalue weighted by molar-refractivity contribution is 7.92. The van der Waals surface area contributed by atoms with Crippen molar-refractivity contribution in [3.63, 3.8) is 0 Å². The molecule has 4 aromatic heterocycles. The van der Waals surface area contributed by atoms with Gasteiger partial charge in [-0.2, -0.15) is 15.5 Å². The number of carbonyl (C=O) groups excluding carboxylic acids is 1. The number of terminal acetylenes is 1. The fraction of sp³-hybridized carbons (Fsp3) is 0.269. The summed E-state index contributed by atoms with van der Waals surface area (Å²) in [6, 6.07) is 7.74. The van der Waals surface area contributed by atoms with Gasteiger partial charge in [0, 0.05) is 60.9 Å². The van der Waals surface area contributed by atoms with Crippen LogP contribution in [0, 0.1) is 23.7 Å². The average molecular weight is 529 g/mol. The van der Waals surface area contributed by atoms with Gasteiger partial charge in [0.2, 0.25) is 0 Å². The van der Waals surface area contributed by atoms with E-state index in [9.17, 15) is 18.5 Å². The van der Waals surface area contributed by atoms with Crippen LogP contribution in [0.5, 0.6) is 0 Å². The van der Waals surface area contributed by atoms with Gasteiger partial charge in [-0.1, -0.05) is 6.92 Å². The lowest BCUT2D eigenvalue weighted by Gasteiger charge is -2.41. The Labute approximate surface area is 219 Å². The number of hydrogen-bond donors (Lipinski definition) is 1. The minimum Gasteiger partial charge on any atom is -0.342 e. The van der Waals surface area contributed by atoms with E-state index in [2.05, 4.69) is 26.6 Å². The number of fused-ring (bicyclic) bond motifs is 1. The summed E-state index contributed by atoms with van der Waals surface area (Å²) in [6.07, 6.45) is 14.2. The lowest BCUT2D eigenvalue weighted by Crippen LogP contribution is -2.61. The van der Waals surface area contributed by atoms with Gasteiger partial charge in [-0.25, -0.2) is 17.9 Å². The Morgan fingerprint density at radius 2 is 2.00 bits per heavy atom. The molecule has 0 spiro atoms. The fourth-order valence-electron chi connectivity index (χ4n) is 4.80. The molecule has 1 aliphatic heterocycles. The predicted octanol–water partition coefficient (Wildman–Crippen LogP) is 2.11. The highest BCUT2D eigenvalue weighted by atomic mass is 32.2. The van der Waals surface area contributed by atoms with Crippen molar-refractivity contribution in [2.24, 2.45) is 7.05 Å². The number of sulfone groups is 1. The number of carbonyl (C=O) groups is 1. The van der Waals surface area contributed by atoms with Crippen molar-refractivity contribution < 1.29 is 13.2 Å². The van der Waals surface area contributed by atoms with Crippen LogP contribution in [0.15, 0.2) is 49.2 Å². The summed E-state index contributed by atoms with van der Waals surface area (Å²) in [5.74, 6) is 1.37. The fourth-order valence-corrected chi connectivity index (χ4v) is 6.81. The van der Waals surface area contributed by atoms with E-state index in [1.54, 1.807) is 39.5 Å². The smallest absolute Gasteiger partial charge is 0.296 e. The van der Waals surface area contributed by atoms with E-state index in [-0.39, 0.29) is 18.7 Å². The van der Waals surface area contributed by atoms with E-state index >= 15 is 0 Å². The molecule has 11 nitrogen and oxygen atoms in total. The summed E-state index contributed by atoms with van der Waals surface area (Å²) in [4.78, 5) is 16.6. The topological polar surface area (TPSA) is 138 Å². The number of rotatable bonds is 5. The molecule has 0 aliphatic carbocycles. The maximum absolute atomic E-state index is 13.2. The van der Waals surface area contributed by atoms with Crippen molar-refractivity contribution in [1.29, 1.82) is 5.26 Å². The summed E-state index contributed by atoms with van der Waals surface area (Å²) < 4.78 is 29.8. The number of aromatic nitrogens is 5. The van der Waals surface area contributed by atoms with Crippen molar-refractivity contribution >= 4 is 27.1 Å². The summed E-state index contributed by atoms with van der Waals surface area (Å²) in [5, 5.41) is 20.8. The van der Waals surface area contributed by atoms with E-state index in [0.29, 0.717) is 23.4 Å². The van der Waals surface area contributed by atoms with Gasteiger partial charge in [0.15, 0.2) is 9.84 Å². The second-order valence-corrected chi connectivity index (χ2v) is 11.4. The van der Waals surface area contributed by atoms with Crippen LogP contribution in [0.4, 0.5) is 5.82 Å². The number of pyridine rings is 2. The van der Waals surface area contributed by atoms with Crippen LogP contribution < -0.4 is 10.2 Å². The molecule has 1 unspecified atom stereocenters. The Morgan fingerprint density at radius 3 is 2.61 bits per heavy atom. The third kappa shape index (κ3) is 4.15. The Balaban J connectivity index is 1.49. The van der Waals surface area contributed by atoms with Crippen molar-refractivity contribution in [3.05, 3.63) is 54.7 Å². The molecule has 4 aromatic rings. The van der Waals surface area contributed by atoms with Gasteiger partial charge in [0.1, 0.15) is 22.6 Å². The number of nitrogens with zero attached hydrogens (tertiary/aromatic N) is 7. The SMILES string of the molecule is C#CC(=O)NC1(CC)CCN(c2ccc(-c3cc(-c4cnn(C)c4)cn4ncc(C#N)c34)cn2)CS1(=O)=O. The zero-order valence-corrected chi connectivity index (χ0v) is 21.6. The van der Waals surface area contributed by atoms with Crippen LogP contribution in [0.25, 0.3) is 27.8 Å². The number of amides is 1. The van der Waals surface area contributed by atoms with Gasteiger partial charge in [-0.15, -0.1) is 6.42 Å². The second-order valence-electron chi connectivity index (χ2n) is 9.12. The van der Waals surface area contributed by atoms with E-state index < -0.39 is 20.6 Å². The van der Waals surface area contributed by atoms with Crippen molar-refractivity contribution in [3.8, 4) is 40.7 Å². The first-order valence-electron chi connectivity index (χ1n) is 11.8. The largest absolute Gasteiger partial charge is 0.342 e. The van der Waals surface area contributed by atoms with Crippen molar-refractivity contribution in [2.45, 2.75) is 24.6 Å². The molecule has 0 radical (unpaired) electrons. The first-order valence-corrected chi connectivity index (χ1v) is 13.5. The lowest BCUT2D eigenvalue weighted by atomic mass is 10.0. The Morgan fingerprint density at radius 1 is 1.18 bits per heavy atom. The number of nitriles is 1. The Bertz CT molecular complexity index is 1740. The van der Waals surface area contributed by atoms with Crippen LogP contribution in [-0.4, -0.2) is 56.0 Å². The van der Waals surface area contributed by atoms with Crippen molar-refractivity contribution in [2.75, 3.05) is 17.3 Å². The zero-order valence-electron chi connectivity index (χ0n) is 20.8. The normalized spacial score (nSPS) is 18.6. The molecule has 38 heavy (non-hydrogen) atoms. The van der Waals surface area contributed by atoms with Crippen LogP contribution in [0.2, 0.25) is 0 Å². The molecule has 1 fully saturated rings. The molecular formula is C26H24N8O3S. The summed E-state index contributed by atoms with van der Waals surface area (Å²) in [7, 11) is -1.93. The molecule has 1 atom stereocenters. The summed E-state index contributed by atoms with van der Waals surface area (Å²) in [5.41, 5.74) is 4.33. The first-order chi connectivity index (χ1) is 18.2. The maximum Gasteiger partial charge on any atom is 0.296 e. The third-order valence-electron chi connectivity index (χ3n) is 6.90. The van der Waals surface area contributed by atoms with E-state index in [4.69, 9.17) is 6.42 Å². The molecule has 12 heteroatoms. The second kappa shape index (κ2) is 9.32. The van der Waals surface area contributed by atoms with Gasteiger partial charge in [0.05, 0.1) is 23.5 Å². The molecule has 1 aliphatic rings. The molecule has 1 saturated heterocycles. The molecule has 192 valence electrons. The quantitative estimate of drug-likeness (QED) is 0.389. The predicted molar refractivity (Wildman–Crippen MR) is 141 cm³/mol. The van der Waals surface area contributed by atoms with Crippen LogP contribution in [0.3, 0.4) is 0 Å². The van der Waals surface area contributed by atoms with Gasteiger partial charge in [-0.3, -0.25) is 9.48 Å². The monoisotopic (exact) mass is 528 g/mol. The minimum atomic E-state index is -3.76. The standard InChI is InChI=1S/C26H24N8O3S/c1-4-24(35)31-26(5-2)8-9-33(17-38(26,36)37)23-7-6-18(12-28-23)22-10-19(21-14-29-32(3)15-21)16-34-25(22)20(11-27)13-30-34/h1,6-7,10,12-16H,5,8-9,17H2,2-3H3,(H,31,35). The Hall–Kier alpha value is -4.68. The van der Waals surface area contributed by atoms with Crippen molar-refractivity contribution in [1.82, 2.24) is 29.7 Å². The molecule has 0 saturated carbocycles. The number of anilines is 1. The van der Waals surface area contributed by atoms with Crippen LogP contribution >= 0.6 is 0 Å². The average Bonchev–Trinajstić information content (AvgIpc) is 3.55. The van der Waals surface area contributed by atoms with E-state index in [1.807, 2.05) is 37.5 Å². The van der Waals surface area contributed by atoms with E-state index in [1.165, 1.54) is 6.20 Å².